The molecule has 3 aromatic rings. The second-order valence-electron chi connectivity index (χ2n) is 6.19. The van der Waals surface area contributed by atoms with Crippen molar-refractivity contribution in [3.8, 4) is 0 Å². The minimum absolute atomic E-state index is 0.165. The average Bonchev–Trinajstić information content (AvgIpc) is 3.17. The van der Waals surface area contributed by atoms with Crippen molar-refractivity contribution < 1.29 is 13.2 Å². The van der Waals surface area contributed by atoms with E-state index >= 15 is 0 Å². The van der Waals surface area contributed by atoms with Crippen molar-refractivity contribution in [3.63, 3.8) is 0 Å². The predicted molar refractivity (Wildman–Crippen MR) is 98.8 cm³/mol. The molecule has 1 fully saturated rings. The number of nitrogens with zero attached hydrogens (tertiary/aromatic N) is 3. The van der Waals surface area contributed by atoms with E-state index < -0.39 is 10.0 Å². The zero-order chi connectivity index (χ0) is 18.3. The van der Waals surface area contributed by atoms with E-state index in [9.17, 15) is 13.2 Å². The zero-order valence-corrected chi connectivity index (χ0v) is 14.9. The Morgan fingerprint density at radius 1 is 1.27 bits per heavy atom. The van der Waals surface area contributed by atoms with Crippen molar-refractivity contribution in [1.82, 2.24) is 15.2 Å². The highest BCUT2D eigenvalue weighted by Gasteiger charge is 2.28. The van der Waals surface area contributed by atoms with Gasteiger partial charge in [-0.05, 0) is 43.7 Å². The number of carbonyl (C=O) groups excluding carboxylic acids is 1. The molecule has 0 unspecified atom stereocenters. The van der Waals surface area contributed by atoms with Crippen LogP contribution in [-0.4, -0.2) is 41.8 Å². The van der Waals surface area contributed by atoms with Gasteiger partial charge in [-0.1, -0.05) is 0 Å². The topological polar surface area (TPSA) is 108 Å². The van der Waals surface area contributed by atoms with E-state index in [0.717, 1.165) is 11.1 Å². The van der Waals surface area contributed by atoms with Crippen molar-refractivity contribution in [2.45, 2.75) is 13.3 Å². The third-order valence-corrected chi connectivity index (χ3v) is 6.24. The Bertz CT molecular complexity index is 1090. The number of hydrogen-bond acceptors (Lipinski definition) is 5. The zero-order valence-electron chi connectivity index (χ0n) is 14.1. The molecule has 0 bridgehead atoms. The molecule has 8 nitrogen and oxygen atoms in total. The van der Waals surface area contributed by atoms with E-state index in [0.29, 0.717) is 35.6 Å². The highest BCUT2D eigenvalue weighted by molar-refractivity contribution is 7.93. The summed E-state index contributed by atoms with van der Waals surface area (Å²) in [5, 5.41) is 10.5. The molecule has 0 saturated carbocycles. The van der Waals surface area contributed by atoms with Crippen molar-refractivity contribution >= 4 is 38.3 Å². The first-order chi connectivity index (χ1) is 12.4. The van der Waals surface area contributed by atoms with Crippen LogP contribution < -0.4 is 9.62 Å². The molecular weight excluding hydrogens is 354 g/mol. The van der Waals surface area contributed by atoms with E-state index in [1.807, 2.05) is 13.0 Å². The van der Waals surface area contributed by atoms with E-state index in [4.69, 9.17) is 0 Å². The van der Waals surface area contributed by atoms with Gasteiger partial charge in [-0.3, -0.25) is 14.2 Å². The fraction of sp³-hybridized carbons (Fsp3) is 0.235. The lowest BCUT2D eigenvalue weighted by Crippen LogP contribution is -2.25. The van der Waals surface area contributed by atoms with Crippen LogP contribution in [-0.2, 0) is 10.0 Å². The van der Waals surface area contributed by atoms with Crippen molar-refractivity contribution in [1.29, 1.82) is 0 Å². The maximum atomic E-state index is 12.4. The second-order valence-corrected chi connectivity index (χ2v) is 8.20. The van der Waals surface area contributed by atoms with Gasteiger partial charge in [0.05, 0.1) is 23.3 Å². The first-order valence-electron chi connectivity index (χ1n) is 8.16. The van der Waals surface area contributed by atoms with Crippen LogP contribution in [0.4, 0.5) is 11.4 Å². The molecule has 1 aliphatic heterocycles. The van der Waals surface area contributed by atoms with Gasteiger partial charge in [0.15, 0.2) is 5.65 Å². The summed E-state index contributed by atoms with van der Waals surface area (Å²) in [6.45, 7) is 2.36. The summed E-state index contributed by atoms with van der Waals surface area (Å²) in [6, 6.07) is 8.35. The molecule has 0 aliphatic carbocycles. The van der Waals surface area contributed by atoms with E-state index in [2.05, 4.69) is 20.5 Å². The lowest BCUT2D eigenvalue weighted by molar-refractivity contribution is 0.102. The Hall–Kier alpha value is -2.94. The first kappa shape index (κ1) is 16.5. The van der Waals surface area contributed by atoms with Crippen molar-refractivity contribution in [2.24, 2.45) is 0 Å². The number of pyridine rings is 1. The lowest BCUT2D eigenvalue weighted by atomic mass is 10.2. The van der Waals surface area contributed by atoms with E-state index in [-0.39, 0.29) is 11.7 Å². The summed E-state index contributed by atoms with van der Waals surface area (Å²) in [6.07, 6.45) is 2.17. The van der Waals surface area contributed by atoms with Crippen LogP contribution in [0.25, 0.3) is 11.0 Å². The molecule has 1 amide bonds. The monoisotopic (exact) mass is 371 g/mol. The van der Waals surface area contributed by atoms with Crippen LogP contribution in [0.5, 0.6) is 0 Å². The van der Waals surface area contributed by atoms with Gasteiger partial charge in [0.2, 0.25) is 10.0 Å². The summed E-state index contributed by atoms with van der Waals surface area (Å²) in [4.78, 5) is 16.6. The van der Waals surface area contributed by atoms with Gasteiger partial charge in [0, 0.05) is 23.2 Å². The number of benzene rings is 1. The molecule has 4 rings (SSSR count). The van der Waals surface area contributed by atoms with Gasteiger partial charge in [-0.2, -0.15) is 5.10 Å². The number of anilines is 2. The molecule has 2 N–H and O–H groups in total. The lowest BCUT2D eigenvalue weighted by Gasteiger charge is -2.17. The quantitative estimate of drug-likeness (QED) is 0.733. The molecule has 2 aromatic heterocycles. The smallest absolute Gasteiger partial charge is 0.255 e. The molecule has 134 valence electrons. The maximum Gasteiger partial charge on any atom is 0.255 e. The van der Waals surface area contributed by atoms with Gasteiger partial charge < -0.3 is 5.32 Å². The van der Waals surface area contributed by atoms with Gasteiger partial charge in [0.25, 0.3) is 5.91 Å². The number of aromatic amines is 1. The van der Waals surface area contributed by atoms with Crippen LogP contribution in [0.1, 0.15) is 22.5 Å². The molecule has 26 heavy (non-hydrogen) atoms. The standard InChI is InChI=1S/C17H17N5O3S/c1-11-15-9-13(10-18-16(15)21-20-11)19-17(23)12-3-5-14(6-4-12)22-7-2-8-26(22,24)25/h3-6,9-10H,2,7-8H2,1H3,(H,19,23)(H,18,20,21). The van der Waals surface area contributed by atoms with Crippen molar-refractivity contribution in [3.05, 3.63) is 47.8 Å². The van der Waals surface area contributed by atoms with E-state index in [1.54, 1.807) is 30.5 Å². The molecule has 1 aromatic carbocycles. The maximum absolute atomic E-state index is 12.4. The molecular formula is C17H17N5O3S. The number of fused-ring (bicyclic) bond motifs is 1. The third kappa shape index (κ3) is 2.90. The predicted octanol–water partition coefficient (Wildman–Crippen LogP) is 2.06. The molecule has 9 heteroatoms. The summed E-state index contributed by atoms with van der Waals surface area (Å²) in [5.74, 6) is -0.124. The fourth-order valence-electron chi connectivity index (χ4n) is 3.00. The summed E-state index contributed by atoms with van der Waals surface area (Å²) in [5.41, 5.74) is 3.06. The van der Waals surface area contributed by atoms with E-state index in [1.165, 1.54) is 4.31 Å². The highest BCUT2D eigenvalue weighted by atomic mass is 32.2. The van der Waals surface area contributed by atoms with Crippen molar-refractivity contribution in [2.75, 3.05) is 21.9 Å². The van der Waals surface area contributed by atoms with Gasteiger partial charge in [0.1, 0.15) is 0 Å². The number of H-pyrrole nitrogens is 1. The normalized spacial score (nSPS) is 16.1. The second kappa shape index (κ2) is 6.10. The van der Waals surface area contributed by atoms with Crippen LogP contribution in [0.15, 0.2) is 36.5 Å². The number of hydrogen-bond donors (Lipinski definition) is 2. The third-order valence-electron chi connectivity index (χ3n) is 4.37. The number of aryl methyl sites for hydroxylation is 1. The summed E-state index contributed by atoms with van der Waals surface area (Å²) < 4.78 is 25.3. The first-order valence-corrected chi connectivity index (χ1v) is 9.77. The summed E-state index contributed by atoms with van der Waals surface area (Å²) in [7, 11) is -3.23. The van der Waals surface area contributed by atoms with Crippen LogP contribution in [0, 0.1) is 6.92 Å². The fourth-order valence-corrected chi connectivity index (χ4v) is 4.56. The minimum atomic E-state index is -3.23. The minimum Gasteiger partial charge on any atom is -0.321 e. The highest BCUT2D eigenvalue weighted by Crippen LogP contribution is 2.24. The SMILES string of the molecule is Cc1[nH]nc2ncc(NC(=O)c3ccc(N4CCCS4(=O)=O)cc3)cc12. The Balaban J connectivity index is 1.53. The number of carbonyl (C=O) groups is 1. The Kier molecular flexibility index (Phi) is 3.87. The molecule has 0 spiro atoms. The Labute approximate surface area is 150 Å². The van der Waals surface area contributed by atoms with Crippen LogP contribution >= 0.6 is 0 Å². The Morgan fingerprint density at radius 3 is 2.73 bits per heavy atom. The number of aromatic nitrogens is 3. The Morgan fingerprint density at radius 2 is 2.04 bits per heavy atom. The molecule has 1 aliphatic rings. The number of nitrogens with one attached hydrogen (secondary N) is 2. The number of sulfonamides is 1. The van der Waals surface area contributed by atoms with Gasteiger partial charge in [-0.25, -0.2) is 13.4 Å². The molecule has 0 atom stereocenters. The van der Waals surface area contributed by atoms with Gasteiger partial charge >= 0.3 is 0 Å². The average molecular weight is 371 g/mol. The van der Waals surface area contributed by atoms with Crippen LogP contribution in [0.2, 0.25) is 0 Å². The van der Waals surface area contributed by atoms with Crippen LogP contribution in [0.3, 0.4) is 0 Å². The van der Waals surface area contributed by atoms with Gasteiger partial charge in [-0.15, -0.1) is 0 Å². The molecule has 1 saturated heterocycles. The summed E-state index contributed by atoms with van der Waals surface area (Å²) >= 11 is 0. The number of rotatable bonds is 3. The molecule has 3 heterocycles. The number of amides is 1. The molecule has 0 radical (unpaired) electrons. The largest absolute Gasteiger partial charge is 0.321 e.